The van der Waals surface area contributed by atoms with Gasteiger partial charge in [0.2, 0.25) is 0 Å². The van der Waals surface area contributed by atoms with Crippen LogP contribution in [0.2, 0.25) is 0 Å². The average molecular weight is 279 g/mol. The minimum Gasteiger partial charge on any atom is -0.508 e. The highest BCUT2D eigenvalue weighted by atomic mass is 16.5. The number of ether oxygens (including phenoxy) is 1. The number of carbonyl (C=O) groups is 1. The first-order chi connectivity index (χ1) is 9.52. The van der Waals surface area contributed by atoms with Crippen LogP contribution in [0.4, 0.5) is 0 Å². The highest BCUT2D eigenvalue weighted by Gasteiger charge is 2.27. The first-order valence-electron chi connectivity index (χ1n) is 6.21. The van der Waals surface area contributed by atoms with Gasteiger partial charge in [0, 0.05) is 12.1 Å². The van der Waals surface area contributed by atoms with Crippen LogP contribution in [0.5, 0.6) is 5.75 Å². The van der Waals surface area contributed by atoms with Crippen LogP contribution < -0.4 is 5.73 Å². The van der Waals surface area contributed by atoms with Gasteiger partial charge in [-0.15, -0.1) is 0 Å². The number of phenols is 1. The van der Waals surface area contributed by atoms with Crippen molar-refractivity contribution in [3.05, 3.63) is 29.3 Å². The Morgan fingerprint density at radius 1 is 1.55 bits per heavy atom. The van der Waals surface area contributed by atoms with E-state index in [0.717, 1.165) is 0 Å². The topological polar surface area (TPSA) is 108 Å². The summed E-state index contributed by atoms with van der Waals surface area (Å²) in [4.78, 5) is 13.9. The highest BCUT2D eigenvalue weighted by molar-refractivity contribution is 5.95. The summed E-state index contributed by atoms with van der Waals surface area (Å²) in [7, 11) is 0. The summed E-state index contributed by atoms with van der Waals surface area (Å²) < 4.78 is 5.34. The third kappa shape index (κ3) is 2.83. The summed E-state index contributed by atoms with van der Waals surface area (Å²) in [5, 5.41) is 21.0. The molecular formula is C13H17N3O4. The lowest BCUT2D eigenvalue weighted by molar-refractivity contribution is 0.00675. The Bertz CT molecular complexity index is 544. The summed E-state index contributed by atoms with van der Waals surface area (Å²) in [6.45, 7) is 2.72. The van der Waals surface area contributed by atoms with E-state index >= 15 is 0 Å². The fourth-order valence-electron chi connectivity index (χ4n) is 2.05. The summed E-state index contributed by atoms with van der Waals surface area (Å²) in [5.41, 5.74) is 6.62. The number of morpholine rings is 1. The van der Waals surface area contributed by atoms with E-state index in [4.69, 9.17) is 15.7 Å². The number of hydrogen-bond donors (Lipinski definition) is 3. The number of rotatable bonds is 2. The Morgan fingerprint density at radius 3 is 2.95 bits per heavy atom. The van der Waals surface area contributed by atoms with E-state index in [1.807, 2.05) is 0 Å². The molecule has 1 aromatic rings. The van der Waals surface area contributed by atoms with Gasteiger partial charge < -0.3 is 25.7 Å². The Morgan fingerprint density at radius 2 is 2.30 bits per heavy atom. The van der Waals surface area contributed by atoms with E-state index in [1.54, 1.807) is 24.0 Å². The van der Waals surface area contributed by atoms with Gasteiger partial charge in [-0.3, -0.25) is 4.79 Å². The van der Waals surface area contributed by atoms with Gasteiger partial charge in [0.05, 0.1) is 13.2 Å². The molecular weight excluding hydrogens is 262 g/mol. The minimum absolute atomic E-state index is 0.0515. The van der Waals surface area contributed by atoms with Crippen molar-refractivity contribution in [1.82, 2.24) is 4.90 Å². The van der Waals surface area contributed by atoms with Gasteiger partial charge in [0.1, 0.15) is 11.9 Å². The van der Waals surface area contributed by atoms with E-state index in [9.17, 15) is 9.90 Å². The molecule has 1 aromatic carbocycles. The second kappa shape index (κ2) is 5.79. The van der Waals surface area contributed by atoms with Crippen molar-refractivity contribution < 1.29 is 19.8 Å². The predicted octanol–water partition coefficient (Wildman–Crippen LogP) is 0.288. The van der Waals surface area contributed by atoms with Gasteiger partial charge >= 0.3 is 0 Å². The molecule has 108 valence electrons. The monoisotopic (exact) mass is 279 g/mol. The normalized spacial score (nSPS) is 19.9. The maximum atomic E-state index is 12.4. The van der Waals surface area contributed by atoms with Crippen LogP contribution in [-0.4, -0.2) is 52.8 Å². The van der Waals surface area contributed by atoms with Crippen molar-refractivity contribution in [1.29, 1.82) is 0 Å². The van der Waals surface area contributed by atoms with Crippen molar-refractivity contribution >= 4 is 11.7 Å². The number of amidine groups is 1. The molecule has 1 amide bonds. The number of amides is 1. The van der Waals surface area contributed by atoms with Gasteiger partial charge in [-0.05, 0) is 30.7 Å². The molecule has 7 nitrogen and oxygen atoms in total. The number of carbonyl (C=O) groups excluding carboxylic acids is 1. The van der Waals surface area contributed by atoms with Gasteiger partial charge in [0.25, 0.3) is 5.91 Å². The molecule has 0 spiro atoms. The molecule has 2 rings (SSSR count). The molecule has 1 atom stereocenters. The van der Waals surface area contributed by atoms with Crippen molar-refractivity contribution in [2.24, 2.45) is 10.9 Å². The molecule has 0 aromatic heterocycles. The number of nitrogens with two attached hydrogens (primary N) is 1. The molecule has 7 heteroatoms. The number of nitrogens with zero attached hydrogens (tertiary/aromatic N) is 2. The van der Waals surface area contributed by atoms with Crippen LogP contribution in [0, 0.1) is 6.92 Å². The third-order valence-corrected chi connectivity index (χ3v) is 3.24. The lowest BCUT2D eigenvalue weighted by Crippen LogP contribution is -2.50. The number of aryl methyl sites for hydroxylation is 1. The lowest BCUT2D eigenvalue weighted by Gasteiger charge is -2.32. The van der Waals surface area contributed by atoms with E-state index in [1.165, 1.54) is 6.07 Å². The fraction of sp³-hybridized carbons (Fsp3) is 0.385. The van der Waals surface area contributed by atoms with Gasteiger partial charge in [0.15, 0.2) is 5.84 Å². The number of hydrogen-bond acceptors (Lipinski definition) is 5. The molecule has 20 heavy (non-hydrogen) atoms. The van der Waals surface area contributed by atoms with Crippen molar-refractivity contribution in [3.63, 3.8) is 0 Å². The molecule has 1 fully saturated rings. The lowest BCUT2D eigenvalue weighted by atomic mass is 10.1. The molecule has 0 aliphatic carbocycles. The number of phenolic OH excluding ortho intramolecular Hbond substituents is 1. The molecule has 1 heterocycles. The molecule has 1 saturated heterocycles. The number of benzene rings is 1. The van der Waals surface area contributed by atoms with Crippen LogP contribution in [0.3, 0.4) is 0 Å². The van der Waals surface area contributed by atoms with Gasteiger partial charge in [-0.2, -0.15) is 0 Å². The highest BCUT2D eigenvalue weighted by Crippen LogP contribution is 2.19. The molecule has 4 N–H and O–H groups in total. The van der Waals surface area contributed by atoms with Crippen molar-refractivity contribution in [2.45, 2.75) is 13.0 Å². The second-order valence-electron chi connectivity index (χ2n) is 4.64. The number of oxime groups is 1. The Balaban J connectivity index is 2.14. The first kappa shape index (κ1) is 14.1. The maximum absolute atomic E-state index is 12.4. The fourth-order valence-corrected chi connectivity index (χ4v) is 2.05. The second-order valence-corrected chi connectivity index (χ2v) is 4.64. The summed E-state index contributed by atoms with van der Waals surface area (Å²) in [6.07, 6.45) is -0.601. The van der Waals surface area contributed by atoms with Gasteiger partial charge in [-0.1, -0.05) is 5.16 Å². The van der Waals surface area contributed by atoms with Crippen LogP contribution in [0.25, 0.3) is 0 Å². The standard InChI is InChI=1S/C13H17N3O4/c1-8-6-9(2-3-10(8)17)13(18)16-4-5-20-11(7-16)12(14)15-19/h2-3,6,11,17,19H,4-5,7H2,1H3,(H2,14,15). The van der Waals surface area contributed by atoms with Crippen LogP contribution in [0.15, 0.2) is 23.4 Å². The molecule has 1 unspecified atom stereocenters. The Hall–Kier alpha value is -2.28. The molecule has 1 aliphatic rings. The van der Waals surface area contributed by atoms with E-state index < -0.39 is 6.10 Å². The predicted molar refractivity (Wildman–Crippen MR) is 71.9 cm³/mol. The van der Waals surface area contributed by atoms with E-state index in [2.05, 4.69) is 5.16 Å². The van der Waals surface area contributed by atoms with E-state index in [0.29, 0.717) is 24.3 Å². The Kier molecular flexibility index (Phi) is 4.09. The van der Waals surface area contributed by atoms with E-state index in [-0.39, 0.29) is 24.0 Å². The molecule has 0 saturated carbocycles. The summed E-state index contributed by atoms with van der Waals surface area (Å²) in [6, 6.07) is 4.69. The third-order valence-electron chi connectivity index (χ3n) is 3.24. The largest absolute Gasteiger partial charge is 0.508 e. The van der Waals surface area contributed by atoms with Gasteiger partial charge in [-0.25, -0.2) is 0 Å². The SMILES string of the molecule is Cc1cc(C(=O)N2CCOC(/C(N)=N/O)C2)ccc1O. The summed E-state index contributed by atoms with van der Waals surface area (Å²) >= 11 is 0. The zero-order chi connectivity index (χ0) is 14.7. The zero-order valence-electron chi connectivity index (χ0n) is 11.1. The average Bonchev–Trinajstić information content (AvgIpc) is 2.48. The maximum Gasteiger partial charge on any atom is 0.254 e. The van der Waals surface area contributed by atoms with Crippen molar-refractivity contribution in [3.8, 4) is 5.75 Å². The van der Waals surface area contributed by atoms with Crippen LogP contribution in [0.1, 0.15) is 15.9 Å². The quantitative estimate of drug-likeness (QED) is 0.312. The smallest absolute Gasteiger partial charge is 0.254 e. The van der Waals surface area contributed by atoms with Crippen molar-refractivity contribution in [2.75, 3.05) is 19.7 Å². The molecule has 0 radical (unpaired) electrons. The molecule has 0 bridgehead atoms. The Labute approximate surface area is 116 Å². The van der Waals surface area contributed by atoms with Crippen LogP contribution >= 0.6 is 0 Å². The van der Waals surface area contributed by atoms with Crippen LogP contribution in [-0.2, 0) is 4.74 Å². The number of aromatic hydroxyl groups is 1. The summed E-state index contributed by atoms with van der Waals surface area (Å²) in [5.74, 6) is -0.0745. The minimum atomic E-state index is -0.601. The molecule has 1 aliphatic heterocycles. The first-order valence-corrected chi connectivity index (χ1v) is 6.21. The zero-order valence-corrected chi connectivity index (χ0v) is 11.1.